The SMILES string of the molecule is C1CCC2(CC1)CCC2NCC1CCCOC1. The highest BCUT2D eigenvalue weighted by Crippen LogP contribution is 2.51. The highest BCUT2D eigenvalue weighted by Gasteiger charge is 2.46. The summed E-state index contributed by atoms with van der Waals surface area (Å²) >= 11 is 0. The average Bonchev–Trinajstić information content (AvgIpc) is 2.40. The molecule has 98 valence electrons. The van der Waals surface area contributed by atoms with E-state index in [-0.39, 0.29) is 0 Å². The molecule has 1 aliphatic heterocycles. The normalized spacial score (nSPS) is 36.7. The van der Waals surface area contributed by atoms with Gasteiger partial charge in [-0.2, -0.15) is 0 Å². The zero-order valence-corrected chi connectivity index (χ0v) is 11.0. The van der Waals surface area contributed by atoms with Crippen LogP contribution in [0.3, 0.4) is 0 Å². The molecule has 17 heavy (non-hydrogen) atoms. The first-order chi connectivity index (χ1) is 8.39. The van der Waals surface area contributed by atoms with Gasteiger partial charge in [0, 0.05) is 19.2 Å². The van der Waals surface area contributed by atoms with E-state index in [9.17, 15) is 0 Å². The summed E-state index contributed by atoms with van der Waals surface area (Å²) in [7, 11) is 0. The van der Waals surface area contributed by atoms with E-state index in [0.717, 1.165) is 25.2 Å². The molecule has 0 radical (unpaired) electrons. The highest BCUT2D eigenvalue weighted by molar-refractivity contribution is 5.01. The molecule has 0 aromatic heterocycles. The van der Waals surface area contributed by atoms with Crippen molar-refractivity contribution < 1.29 is 4.74 Å². The molecule has 2 aliphatic carbocycles. The summed E-state index contributed by atoms with van der Waals surface area (Å²) in [6, 6.07) is 0.838. The van der Waals surface area contributed by atoms with Crippen molar-refractivity contribution >= 4 is 0 Å². The van der Waals surface area contributed by atoms with Gasteiger partial charge >= 0.3 is 0 Å². The van der Waals surface area contributed by atoms with Crippen LogP contribution in [0, 0.1) is 11.3 Å². The van der Waals surface area contributed by atoms with Crippen molar-refractivity contribution in [3.8, 4) is 0 Å². The lowest BCUT2D eigenvalue weighted by molar-refractivity contribution is 0.00974. The predicted molar refractivity (Wildman–Crippen MR) is 70.1 cm³/mol. The highest BCUT2D eigenvalue weighted by atomic mass is 16.5. The summed E-state index contributed by atoms with van der Waals surface area (Å²) in [6.07, 6.45) is 13.0. The standard InChI is InChI=1S/C15H27NO/c1-2-7-15(8-3-1)9-6-14(15)16-11-13-5-4-10-17-12-13/h13-14,16H,1-12H2. The van der Waals surface area contributed by atoms with Crippen LogP contribution >= 0.6 is 0 Å². The number of hydrogen-bond donors (Lipinski definition) is 1. The quantitative estimate of drug-likeness (QED) is 0.814. The van der Waals surface area contributed by atoms with E-state index in [1.807, 2.05) is 0 Å². The van der Waals surface area contributed by atoms with Gasteiger partial charge in [0.05, 0.1) is 6.61 Å². The molecule has 1 heterocycles. The van der Waals surface area contributed by atoms with Crippen molar-refractivity contribution in [2.75, 3.05) is 19.8 Å². The molecule has 3 fully saturated rings. The molecule has 2 unspecified atom stereocenters. The summed E-state index contributed by atoms with van der Waals surface area (Å²) in [5.41, 5.74) is 0.716. The first kappa shape index (κ1) is 12.0. The van der Waals surface area contributed by atoms with Crippen molar-refractivity contribution in [3.63, 3.8) is 0 Å². The largest absolute Gasteiger partial charge is 0.381 e. The van der Waals surface area contributed by atoms with Gasteiger partial charge in [-0.05, 0) is 49.9 Å². The van der Waals surface area contributed by atoms with Gasteiger partial charge < -0.3 is 10.1 Å². The fourth-order valence-corrected chi connectivity index (χ4v) is 4.15. The average molecular weight is 237 g/mol. The minimum atomic E-state index is 0.716. The van der Waals surface area contributed by atoms with Gasteiger partial charge in [0.1, 0.15) is 0 Å². The molecular weight excluding hydrogens is 210 g/mol. The van der Waals surface area contributed by atoms with E-state index in [1.165, 1.54) is 64.3 Å². The van der Waals surface area contributed by atoms with Crippen molar-refractivity contribution in [2.24, 2.45) is 11.3 Å². The Morgan fingerprint density at radius 2 is 1.88 bits per heavy atom. The van der Waals surface area contributed by atoms with E-state index in [4.69, 9.17) is 4.74 Å². The molecule has 1 spiro atoms. The van der Waals surface area contributed by atoms with E-state index in [2.05, 4.69) is 5.32 Å². The molecule has 0 amide bonds. The van der Waals surface area contributed by atoms with Crippen LogP contribution in [-0.4, -0.2) is 25.8 Å². The van der Waals surface area contributed by atoms with Gasteiger partial charge in [-0.3, -0.25) is 0 Å². The first-order valence-corrected chi connectivity index (χ1v) is 7.70. The van der Waals surface area contributed by atoms with Gasteiger partial charge in [0.2, 0.25) is 0 Å². The summed E-state index contributed by atoms with van der Waals surface area (Å²) in [5, 5.41) is 3.87. The van der Waals surface area contributed by atoms with Gasteiger partial charge in [-0.25, -0.2) is 0 Å². The summed E-state index contributed by atoms with van der Waals surface area (Å²) in [5.74, 6) is 0.782. The van der Waals surface area contributed by atoms with Gasteiger partial charge in [-0.1, -0.05) is 19.3 Å². The second-order valence-electron chi connectivity index (χ2n) is 6.51. The smallest absolute Gasteiger partial charge is 0.0506 e. The van der Waals surface area contributed by atoms with Crippen molar-refractivity contribution in [1.29, 1.82) is 0 Å². The van der Waals surface area contributed by atoms with Crippen LogP contribution in [0.25, 0.3) is 0 Å². The van der Waals surface area contributed by atoms with Crippen LogP contribution in [0.4, 0.5) is 0 Å². The predicted octanol–water partition coefficient (Wildman–Crippen LogP) is 3.12. The lowest BCUT2D eigenvalue weighted by atomic mass is 9.57. The Kier molecular flexibility index (Phi) is 3.72. The van der Waals surface area contributed by atoms with Crippen LogP contribution in [-0.2, 0) is 4.74 Å². The van der Waals surface area contributed by atoms with Crippen LogP contribution < -0.4 is 5.32 Å². The van der Waals surface area contributed by atoms with Gasteiger partial charge in [-0.15, -0.1) is 0 Å². The van der Waals surface area contributed by atoms with Gasteiger partial charge in [0.25, 0.3) is 0 Å². The van der Waals surface area contributed by atoms with Crippen molar-refractivity contribution in [3.05, 3.63) is 0 Å². The fraction of sp³-hybridized carbons (Fsp3) is 1.00. The summed E-state index contributed by atoms with van der Waals surface area (Å²) < 4.78 is 5.56. The molecule has 3 rings (SSSR count). The van der Waals surface area contributed by atoms with E-state index >= 15 is 0 Å². The van der Waals surface area contributed by atoms with Crippen LogP contribution in [0.2, 0.25) is 0 Å². The van der Waals surface area contributed by atoms with Crippen molar-refractivity contribution in [1.82, 2.24) is 5.32 Å². The van der Waals surface area contributed by atoms with Crippen LogP contribution in [0.15, 0.2) is 0 Å². The molecular formula is C15H27NO. The van der Waals surface area contributed by atoms with E-state index in [1.54, 1.807) is 0 Å². The Bertz CT molecular complexity index is 241. The summed E-state index contributed by atoms with van der Waals surface area (Å²) in [4.78, 5) is 0. The number of nitrogens with one attached hydrogen (secondary N) is 1. The van der Waals surface area contributed by atoms with Gasteiger partial charge in [0.15, 0.2) is 0 Å². The third-order valence-corrected chi connectivity index (χ3v) is 5.43. The maximum absolute atomic E-state index is 5.56. The Morgan fingerprint density at radius 1 is 1.00 bits per heavy atom. The topological polar surface area (TPSA) is 21.3 Å². The Morgan fingerprint density at radius 3 is 2.53 bits per heavy atom. The lowest BCUT2D eigenvalue weighted by Gasteiger charge is -2.53. The maximum atomic E-state index is 5.56. The molecule has 2 nitrogen and oxygen atoms in total. The minimum absolute atomic E-state index is 0.716. The second kappa shape index (κ2) is 5.27. The van der Waals surface area contributed by atoms with E-state index < -0.39 is 0 Å². The van der Waals surface area contributed by atoms with Crippen LogP contribution in [0.5, 0.6) is 0 Å². The number of ether oxygens (including phenoxy) is 1. The molecule has 0 bridgehead atoms. The molecule has 1 N–H and O–H groups in total. The Balaban J connectivity index is 1.45. The van der Waals surface area contributed by atoms with Crippen molar-refractivity contribution in [2.45, 2.75) is 63.8 Å². The zero-order chi connectivity index (χ0) is 11.6. The third-order valence-electron chi connectivity index (χ3n) is 5.43. The lowest BCUT2D eigenvalue weighted by Crippen LogP contribution is -2.55. The fourth-order valence-electron chi connectivity index (χ4n) is 4.15. The van der Waals surface area contributed by atoms with Crippen LogP contribution in [0.1, 0.15) is 57.8 Å². The maximum Gasteiger partial charge on any atom is 0.0506 e. The number of hydrogen-bond acceptors (Lipinski definition) is 2. The molecule has 0 aromatic rings. The van der Waals surface area contributed by atoms with E-state index in [0.29, 0.717) is 5.41 Å². The molecule has 3 aliphatic rings. The molecule has 1 saturated heterocycles. The molecule has 2 atom stereocenters. The molecule has 0 aromatic carbocycles. The number of rotatable bonds is 3. The Labute approximate surface area is 105 Å². The first-order valence-electron chi connectivity index (χ1n) is 7.70. The summed E-state index contributed by atoms with van der Waals surface area (Å²) in [6.45, 7) is 3.18. The molecule has 2 heteroatoms. The molecule has 2 saturated carbocycles. The monoisotopic (exact) mass is 237 g/mol. The third kappa shape index (κ3) is 2.53. The Hall–Kier alpha value is -0.0800. The minimum Gasteiger partial charge on any atom is -0.381 e. The second-order valence-corrected chi connectivity index (χ2v) is 6.51. The zero-order valence-electron chi connectivity index (χ0n) is 11.0.